The molecule has 1 aliphatic rings. The number of aliphatic hydroxyl groups excluding tert-OH is 1. The maximum absolute atomic E-state index is 10.1. The lowest BCUT2D eigenvalue weighted by Crippen LogP contribution is -2.31. The van der Waals surface area contributed by atoms with E-state index < -0.39 is 0 Å². The highest BCUT2D eigenvalue weighted by Crippen LogP contribution is 2.28. The minimum absolute atomic E-state index is 0.204. The van der Waals surface area contributed by atoms with Gasteiger partial charge < -0.3 is 15.2 Å². The molecule has 0 amide bonds. The maximum Gasteiger partial charge on any atom is 0.133 e. The second-order valence-electron chi connectivity index (χ2n) is 5.21. The van der Waals surface area contributed by atoms with Gasteiger partial charge in [-0.3, -0.25) is 0 Å². The largest absolute Gasteiger partial charge is 0.496 e. The summed E-state index contributed by atoms with van der Waals surface area (Å²) in [5, 5.41) is 13.4. The summed E-state index contributed by atoms with van der Waals surface area (Å²) in [6.07, 6.45) is 4.69. The summed E-state index contributed by atoms with van der Waals surface area (Å²) in [6, 6.07) is 6.04. The van der Waals surface area contributed by atoms with E-state index in [0.717, 1.165) is 16.8 Å². The van der Waals surface area contributed by atoms with Gasteiger partial charge in [-0.15, -0.1) is 0 Å². The Hall–Kier alpha value is -0.580. The third-order valence-electron chi connectivity index (χ3n) is 3.84. The number of methoxy groups -OCH3 is 1. The number of benzene rings is 1. The van der Waals surface area contributed by atoms with E-state index in [0.29, 0.717) is 12.5 Å². The highest BCUT2D eigenvalue weighted by molar-refractivity contribution is 9.10. The van der Waals surface area contributed by atoms with Crippen molar-refractivity contribution < 1.29 is 9.84 Å². The van der Waals surface area contributed by atoms with E-state index in [4.69, 9.17) is 4.74 Å². The van der Waals surface area contributed by atoms with E-state index in [9.17, 15) is 5.11 Å². The Balaban J connectivity index is 1.77. The second kappa shape index (κ2) is 7.27. The van der Waals surface area contributed by atoms with Crippen LogP contribution in [0.3, 0.4) is 0 Å². The van der Waals surface area contributed by atoms with Crippen LogP contribution >= 0.6 is 15.9 Å². The van der Waals surface area contributed by atoms with Crippen molar-refractivity contribution in [1.82, 2.24) is 5.32 Å². The molecule has 4 heteroatoms. The Morgan fingerprint density at radius 2 is 2.16 bits per heavy atom. The molecule has 1 atom stereocenters. The molecule has 1 aliphatic carbocycles. The summed E-state index contributed by atoms with van der Waals surface area (Å²) in [4.78, 5) is 0. The van der Waals surface area contributed by atoms with Gasteiger partial charge in [0.1, 0.15) is 5.75 Å². The van der Waals surface area contributed by atoms with E-state index in [1.165, 1.54) is 31.2 Å². The average molecular weight is 328 g/mol. The molecule has 1 saturated carbocycles. The molecule has 0 heterocycles. The van der Waals surface area contributed by atoms with Crippen molar-refractivity contribution in [2.24, 2.45) is 5.92 Å². The lowest BCUT2D eigenvalue weighted by Gasteiger charge is -2.18. The van der Waals surface area contributed by atoms with Crippen molar-refractivity contribution in [3.05, 3.63) is 28.2 Å². The van der Waals surface area contributed by atoms with Crippen molar-refractivity contribution in [3.63, 3.8) is 0 Å². The molecular weight excluding hydrogens is 306 g/mol. The number of ether oxygens (including phenoxy) is 1. The van der Waals surface area contributed by atoms with E-state index in [2.05, 4.69) is 21.2 Å². The van der Waals surface area contributed by atoms with Crippen LogP contribution < -0.4 is 10.1 Å². The van der Waals surface area contributed by atoms with Gasteiger partial charge in [0.2, 0.25) is 0 Å². The van der Waals surface area contributed by atoms with Crippen LogP contribution in [-0.2, 0) is 6.54 Å². The quantitative estimate of drug-likeness (QED) is 0.843. The summed E-state index contributed by atoms with van der Waals surface area (Å²) >= 11 is 3.48. The van der Waals surface area contributed by atoms with Crippen LogP contribution in [-0.4, -0.2) is 24.9 Å². The van der Waals surface area contributed by atoms with Crippen LogP contribution in [0.15, 0.2) is 22.7 Å². The van der Waals surface area contributed by atoms with E-state index in [-0.39, 0.29) is 6.10 Å². The van der Waals surface area contributed by atoms with Crippen LogP contribution in [0.4, 0.5) is 0 Å². The highest BCUT2D eigenvalue weighted by atomic mass is 79.9. The van der Waals surface area contributed by atoms with Crippen LogP contribution in [0.1, 0.15) is 31.2 Å². The van der Waals surface area contributed by atoms with Crippen molar-refractivity contribution in [1.29, 1.82) is 0 Å². The molecule has 2 N–H and O–H groups in total. The minimum Gasteiger partial charge on any atom is -0.496 e. The predicted octanol–water partition coefficient (Wildman–Crippen LogP) is 3.10. The molecule has 1 aromatic carbocycles. The molecular formula is C15H22BrNO2. The van der Waals surface area contributed by atoms with Gasteiger partial charge in [0.05, 0.1) is 17.7 Å². The fourth-order valence-corrected chi connectivity index (χ4v) is 3.28. The fourth-order valence-electron chi connectivity index (χ4n) is 2.69. The Bertz CT molecular complexity index is 405. The summed E-state index contributed by atoms with van der Waals surface area (Å²) < 4.78 is 6.17. The van der Waals surface area contributed by atoms with Gasteiger partial charge in [-0.25, -0.2) is 0 Å². The second-order valence-corrected chi connectivity index (χ2v) is 6.07. The number of hydrogen-bond acceptors (Lipinski definition) is 3. The van der Waals surface area contributed by atoms with E-state index in [1.54, 1.807) is 7.11 Å². The first kappa shape index (κ1) is 14.8. The number of nitrogens with one attached hydrogen (secondary N) is 1. The summed E-state index contributed by atoms with van der Waals surface area (Å²) in [5.74, 6) is 1.34. The smallest absolute Gasteiger partial charge is 0.133 e. The minimum atomic E-state index is -0.204. The Labute approximate surface area is 123 Å². The van der Waals surface area contributed by atoms with Gasteiger partial charge >= 0.3 is 0 Å². The zero-order valence-corrected chi connectivity index (χ0v) is 12.9. The topological polar surface area (TPSA) is 41.5 Å². The molecule has 1 fully saturated rings. The van der Waals surface area contributed by atoms with Crippen LogP contribution in [0, 0.1) is 5.92 Å². The van der Waals surface area contributed by atoms with E-state index >= 15 is 0 Å². The molecule has 2 rings (SSSR count). The lowest BCUT2D eigenvalue weighted by atomic mass is 10.0. The summed E-state index contributed by atoms with van der Waals surface area (Å²) in [5.41, 5.74) is 1.19. The first-order chi connectivity index (χ1) is 9.20. The van der Waals surface area contributed by atoms with Crippen LogP contribution in [0.2, 0.25) is 0 Å². The molecule has 0 saturated heterocycles. The zero-order valence-electron chi connectivity index (χ0n) is 11.4. The van der Waals surface area contributed by atoms with E-state index in [1.807, 2.05) is 18.2 Å². The molecule has 0 bridgehead atoms. The average Bonchev–Trinajstić information content (AvgIpc) is 2.93. The van der Waals surface area contributed by atoms with Gasteiger partial charge in [-0.05, 0) is 52.4 Å². The maximum atomic E-state index is 10.1. The summed E-state index contributed by atoms with van der Waals surface area (Å²) in [6.45, 7) is 1.45. The van der Waals surface area contributed by atoms with Crippen LogP contribution in [0.25, 0.3) is 0 Å². The third-order valence-corrected chi connectivity index (χ3v) is 4.46. The van der Waals surface area contributed by atoms with Crippen molar-refractivity contribution >= 4 is 15.9 Å². The first-order valence-electron chi connectivity index (χ1n) is 6.92. The van der Waals surface area contributed by atoms with Crippen LogP contribution in [0.5, 0.6) is 5.75 Å². The summed E-state index contributed by atoms with van der Waals surface area (Å²) in [7, 11) is 1.66. The molecule has 0 aromatic heterocycles. The predicted molar refractivity (Wildman–Crippen MR) is 80.4 cm³/mol. The highest BCUT2D eigenvalue weighted by Gasteiger charge is 2.22. The molecule has 3 nitrogen and oxygen atoms in total. The third kappa shape index (κ3) is 4.20. The lowest BCUT2D eigenvalue weighted by molar-refractivity contribution is 0.109. The fraction of sp³-hybridized carbons (Fsp3) is 0.600. The molecule has 1 unspecified atom stereocenters. The van der Waals surface area contributed by atoms with Crippen molar-refractivity contribution in [3.8, 4) is 5.75 Å². The standard InChI is InChI=1S/C15H22BrNO2/c1-19-15-7-6-11(8-13(15)16)9-17-10-14(18)12-4-2-3-5-12/h6-8,12,14,17-18H,2-5,9-10H2,1H3. The van der Waals surface area contributed by atoms with Gasteiger partial charge in [-0.1, -0.05) is 18.9 Å². The molecule has 1 aromatic rings. The van der Waals surface area contributed by atoms with Gasteiger partial charge in [0.15, 0.2) is 0 Å². The Kier molecular flexibility index (Phi) is 5.67. The number of halogens is 1. The van der Waals surface area contributed by atoms with Gasteiger partial charge in [0.25, 0.3) is 0 Å². The molecule has 0 spiro atoms. The molecule has 19 heavy (non-hydrogen) atoms. The van der Waals surface area contributed by atoms with Crippen molar-refractivity contribution in [2.75, 3.05) is 13.7 Å². The van der Waals surface area contributed by atoms with Gasteiger partial charge in [-0.2, -0.15) is 0 Å². The van der Waals surface area contributed by atoms with Gasteiger partial charge in [0, 0.05) is 13.1 Å². The normalized spacial score (nSPS) is 17.6. The molecule has 106 valence electrons. The molecule has 0 aliphatic heterocycles. The monoisotopic (exact) mass is 327 g/mol. The SMILES string of the molecule is COc1ccc(CNCC(O)C2CCCC2)cc1Br. The number of hydrogen-bond donors (Lipinski definition) is 2. The zero-order chi connectivity index (χ0) is 13.7. The number of rotatable bonds is 6. The Morgan fingerprint density at radius 1 is 1.42 bits per heavy atom. The first-order valence-corrected chi connectivity index (χ1v) is 7.71. The van der Waals surface area contributed by atoms with Crippen molar-refractivity contribution in [2.45, 2.75) is 38.3 Å². The number of aliphatic hydroxyl groups is 1. The Morgan fingerprint density at radius 3 is 2.79 bits per heavy atom. The molecule has 0 radical (unpaired) electrons.